The number of aromatic nitrogens is 2. The number of aliphatic hydroxyl groups excluding tert-OH is 1. The molecule has 0 unspecified atom stereocenters. The quantitative estimate of drug-likeness (QED) is 0.738. The van der Waals surface area contributed by atoms with E-state index in [-0.39, 0.29) is 12.0 Å². The lowest BCUT2D eigenvalue weighted by Gasteiger charge is -2.30. The van der Waals surface area contributed by atoms with Crippen LogP contribution >= 0.6 is 0 Å². The molecule has 1 aliphatic rings. The molecule has 0 radical (unpaired) electrons. The smallest absolute Gasteiger partial charge is 0.273 e. The second-order valence-electron chi connectivity index (χ2n) is 4.23. The highest BCUT2D eigenvalue weighted by atomic mass is 16.3. The van der Waals surface area contributed by atoms with Crippen molar-refractivity contribution in [2.75, 3.05) is 14.1 Å². The maximum atomic E-state index is 11.5. The van der Waals surface area contributed by atoms with Crippen LogP contribution in [0.15, 0.2) is 6.07 Å². The van der Waals surface area contributed by atoms with Gasteiger partial charge in [0.25, 0.3) is 5.91 Å². The van der Waals surface area contributed by atoms with Gasteiger partial charge in [0, 0.05) is 25.7 Å². The second kappa shape index (κ2) is 3.66. The molecular formula is C10H15N3O2. The molecule has 5 nitrogen and oxygen atoms in total. The summed E-state index contributed by atoms with van der Waals surface area (Å²) in [5.74, 6) is 0.230. The number of nitrogens with one attached hydrogen (secondary N) is 1. The summed E-state index contributed by atoms with van der Waals surface area (Å²) in [6.45, 7) is 0. The van der Waals surface area contributed by atoms with Crippen molar-refractivity contribution in [3.05, 3.63) is 17.5 Å². The van der Waals surface area contributed by atoms with E-state index < -0.39 is 0 Å². The summed E-state index contributed by atoms with van der Waals surface area (Å²) in [7, 11) is 3.40. The fourth-order valence-electron chi connectivity index (χ4n) is 1.73. The third-order valence-corrected chi connectivity index (χ3v) is 2.78. The predicted molar refractivity (Wildman–Crippen MR) is 54.6 cm³/mol. The van der Waals surface area contributed by atoms with Gasteiger partial charge in [0.2, 0.25) is 0 Å². The standard InChI is InChI=1S/C10H15N3O2/c1-13(2)10(15)9-5-8(11-12-9)6-3-7(14)4-6/h5-7,14H,3-4H2,1-2H3,(H,11,12). The van der Waals surface area contributed by atoms with Gasteiger partial charge in [0.05, 0.1) is 6.10 Å². The summed E-state index contributed by atoms with van der Waals surface area (Å²) < 4.78 is 0. The van der Waals surface area contributed by atoms with Gasteiger partial charge >= 0.3 is 0 Å². The highest BCUT2D eigenvalue weighted by molar-refractivity contribution is 5.92. The number of aromatic amines is 1. The van der Waals surface area contributed by atoms with Crippen molar-refractivity contribution in [1.82, 2.24) is 15.1 Å². The lowest BCUT2D eigenvalue weighted by atomic mass is 9.80. The maximum Gasteiger partial charge on any atom is 0.273 e. The van der Waals surface area contributed by atoms with Gasteiger partial charge in [-0.1, -0.05) is 0 Å². The van der Waals surface area contributed by atoms with E-state index in [4.69, 9.17) is 0 Å². The molecule has 15 heavy (non-hydrogen) atoms. The van der Waals surface area contributed by atoms with Crippen LogP contribution in [0.2, 0.25) is 0 Å². The highest BCUT2D eigenvalue weighted by Gasteiger charge is 2.30. The van der Waals surface area contributed by atoms with Crippen LogP contribution < -0.4 is 0 Å². The van der Waals surface area contributed by atoms with E-state index in [1.807, 2.05) is 0 Å². The Bertz CT molecular complexity index is 366. The predicted octanol–water partition coefficient (Wildman–Crippen LogP) is 0.350. The van der Waals surface area contributed by atoms with Crippen molar-refractivity contribution >= 4 is 5.91 Å². The SMILES string of the molecule is CN(C)C(=O)c1cc(C2CC(O)C2)[nH]n1. The molecule has 0 atom stereocenters. The van der Waals surface area contributed by atoms with Crippen molar-refractivity contribution in [3.8, 4) is 0 Å². The minimum absolute atomic E-state index is 0.0997. The number of aliphatic hydroxyl groups is 1. The first-order valence-corrected chi connectivity index (χ1v) is 5.03. The Morgan fingerprint density at radius 3 is 2.80 bits per heavy atom. The molecule has 0 aliphatic heterocycles. The number of hydrogen-bond acceptors (Lipinski definition) is 3. The number of H-pyrrole nitrogens is 1. The molecule has 0 saturated heterocycles. The second-order valence-corrected chi connectivity index (χ2v) is 4.23. The average molecular weight is 209 g/mol. The molecule has 1 saturated carbocycles. The first kappa shape index (κ1) is 10.2. The summed E-state index contributed by atoms with van der Waals surface area (Å²) in [5.41, 5.74) is 1.39. The minimum atomic E-state index is -0.189. The van der Waals surface area contributed by atoms with E-state index in [0.717, 1.165) is 18.5 Å². The number of nitrogens with zero attached hydrogens (tertiary/aromatic N) is 2. The summed E-state index contributed by atoms with van der Waals surface area (Å²) in [5, 5.41) is 16.0. The average Bonchev–Trinajstić information content (AvgIpc) is 2.60. The maximum absolute atomic E-state index is 11.5. The summed E-state index contributed by atoms with van der Waals surface area (Å²) in [4.78, 5) is 13.0. The van der Waals surface area contributed by atoms with Crippen molar-refractivity contribution < 1.29 is 9.90 Å². The van der Waals surface area contributed by atoms with E-state index in [1.165, 1.54) is 4.90 Å². The molecule has 0 aromatic carbocycles. The monoisotopic (exact) mass is 209 g/mol. The van der Waals surface area contributed by atoms with Crippen LogP contribution in [0.3, 0.4) is 0 Å². The van der Waals surface area contributed by atoms with Crippen LogP contribution in [0.4, 0.5) is 0 Å². The molecule has 1 aromatic heterocycles. The highest BCUT2D eigenvalue weighted by Crippen LogP contribution is 2.35. The van der Waals surface area contributed by atoms with E-state index >= 15 is 0 Å². The zero-order valence-electron chi connectivity index (χ0n) is 8.90. The van der Waals surface area contributed by atoms with Crippen LogP contribution in [-0.2, 0) is 0 Å². The lowest BCUT2D eigenvalue weighted by molar-refractivity contribution is 0.0732. The molecule has 1 amide bonds. The Morgan fingerprint density at radius 2 is 2.27 bits per heavy atom. The van der Waals surface area contributed by atoms with Crippen LogP contribution in [-0.4, -0.2) is 46.3 Å². The first-order chi connectivity index (χ1) is 7.08. The van der Waals surface area contributed by atoms with E-state index in [0.29, 0.717) is 11.6 Å². The fourth-order valence-corrected chi connectivity index (χ4v) is 1.73. The number of hydrogen-bond donors (Lipinski definition) is 2. The molecule has 2 N–H and O–H groups in total. The van der Waals surface area contributed by atoms with Gasteiger partial charge in [-0.25, -0.2) is 0 Å². The van der Waals surface area contributed by atoms with Gasteiger partial charge in [-0.3, -0.25) is 9.89 Å². The number of carbonyl (C=O) groups is 1. The molecule has 1 fully saturated rings. The molecule has 2 rings (SSSR count). The van der Waals surface area contributed by atoms with Crippen molar-refractivity contribution in [2.24, 2.45) is 0 Å². The van der Waals surface area contributed by atoms with Crippen LogP contribution in [0.25, 0.3) is 0 Å². The van der Waals surface area contributed by atoms with Gasteiger partial charge in [0.15, 0.2) is 0 Å². The number of rotatable bonds is 2. The van der Waals surface area contributed by atoms with Crippen LogP contribution in [0, 0.1) is 0 Å². The van der Waals surface area contributed by atoms with E-state index in [2.05, 4.69) is 10.2 Å². The Kier molecular flexibility index (Phi) is 2.48. The third-order valence-electron chi connectivity index (χ3n) is 2.78. The topological polar surface area (TPSA) is 69.2 Å². The van der Waals surface area contributed by atoms with E-state index in [9.17, 15) is 9.90 Å². The molecule has 1 aromatic rings. The fraction of sp³-hybridized carbons (Fsp3) is 0.600. The normalized spacial score (nSPS) is 24.7. The van der Waals surface area contributed by atoms with Crippen LogP contribution in [0.1, 0.15) is 34.9 Å². The van der Waals surface area contributed by atoms with Gasteiger partial charge < -0.3 is 10.0 Å². The largest absolute Gasteiger partial charge is 0.393 e. The first-order valence-electron chi connectivity index (χ1n) is 5.03. The molecule has 1 heterocycles. The third kappa shape index (κ3) is 1.87. The Hall–Kier alpha value is -1.36. The van der Waals surface area contributed by atoms with Crippen molar-refractivity contribution in [1.29, 1.82) is 0 Å². The summed E-state index contributed by atoms with van der Waals surface area (Å²) in [6.07, 6.45) is 1.33. The summed E-state index contributed by atoms with van der Waals surface area (Å²) in [6, 6.07) is 1.78. The van der Waals surface area contributed by atoms with Crippen molar-refractivity contribution in [3.63, 3.8) is 0 Å². The Labute approximate surface area is 88.1 Å². The Morgan fingerprint density at radius 1 is 1.60 bits per heavy atom. The van der Waals surface area contributed by atoms with Crippen LogP contribution in [0.5, 0.6) is 0 Å². The molecule has 82 valence electrons. The molecular weight excluding hydrogens is 194 g/mol. The van der Waals surface area contributed by atoms with Gasteiger partial charge in [-0.05, 0) is 18.9 Å². The van der Waals surface area contributed by atoms with E-state index in [1.54, 1.807) is 20.2 Å². The molecule has 0 spiro atoms. The Balaban J connectivity index is 2.07. The van der Waals surface area contributed by atoms with Gasteiger partial charge in [-0.15, -0.1) is 0 Å². The van der Waals surface area contributed by atoms with Gasteiger partial charge in [0.1, 0.15) is 5.69 Å². The minimum Gasteiger partial charge on any atom is -0.393 e. The number of carbonyl (C=O) groups excluding carboxylic acids is 1. The summed E-state index contributed by atoms with van der Waals surface area (Å²) >= 11 is 0. The molecule has 0 bridgehead atoms. The van der Waals surface area contributed by atoms with Crippen molar-refractivity contribution in [2.45, 2.75) is 24.9 Å². The zero-order valence-corrected chi connectivity index (χ0v) is 8.90. The molecule has 1 aliphatic carbocycles. The zero-order chi connectivity index (χ0) is 11.0. The number of amides is 1. The van der Waals surface area contributed by atoms with Gasteiger partial charge in [-0.2, -0.15) is 5.10 Å². The molecule has 5 heteroatoms. The lowest BCUT2D eigenvalue weighted by Crippen LogP contribution is -2.26.